The van der Waals surface area contributed by atoms with Crippen LogP contribution in [0.1, 0.15) is 32.4 Å². The first-order chi connectivity index (χ1) is 12.1. The third kappa shape index (κ3) is 3.35. The van der Waals surface area contributed by atoms with Crippen molar-refractivity contribution in [1.82, 2.24) is 10.4 Å². The summed E-state index contributed by atoms with van der Waals surface area (Å²) in [5.41, 5.74) is 1.59. The van der Waals surface area contributed by atoms with Gasteiger partial charge in [-0.05, 0) is 43.9 Å². The highest BCUT2D eigenvalue weighted by Crippen LogP contribution is 2.41. The van der Waals surface area contributed by atoms with E-state index in [4.69, 9.17) is 4.74 Å². The van der Waals surface area contributed by atoms with Gasteiger partial charge in [0.15, 0.2) is 0 Å². The van der Waals surface area contributed by atoms with Crippen molar-refractivity contribution in [3.63, 3.8) is 0 Å². The highest BCUT2D eigenvalue weighted by atomic mass is 19.4. The Labute approximate surface area is 149 Å². The van der Waals surface area contributed by atoms with Crippen LogP contribution in [0, 0.1) is 5.41 Å². The topological polar surface area (TPSA) is 41.6 Å². The molecule has 1 atom stereocenters. The number of hydrogen-bond acceptors (Lipinski definition) is 3. The van der Waals surface area contributed by atoms with E-state index in [1.165, 1.54) is 12.1 Å². The number of nitrogens with one attached hydrogen (secondary N) is 1. The Morgan fingerprint density at radius 3 is 2.58 bits per heavy atom. The van der Waals surface area contributed by atoms with Crippen LogP contribution in [0.2, 0.25) is 0 Å². The zero-order valence-electron chi connectivity index (χ0n) is 14.9. The smallest absolute Gasteiger partial charge is 0.409 e. The molecule has 0 aromatic heterocycles. The lowest BCUT2D eigenvalue weighted by atomic mass is 9.93. The zero-order chi connectivity index (χ0) is 19.1. The van der Waals surface area contributed by atoms with Crippen LogP contribution in [0.5, 0.6) is 5.75 Å². The molecule has 0 aliphatic carbocycles. The van der Waals surface area contributed by atoms with Crippen LogP contribution < -0.4 is 10.2 Å². The number of carbonyl (C=O) groups is 1. The van der Waals surface area contributed by atoms with Crippen LogP contribution >= 0.6 is 0 Å². The van der Waals surface area contributed by atoms with Gasteiger partial charge in [-0.3, -0.25) is 10.2 Å². The lowest BCUT2D eigenvalue weighted by Crippen LogP contribution is -2.43. The predicted molar refractivity (Wildman–Crippen MR) is 92.5 cm³/mol. The van der Waals surface area contributed by atoms with Gasteiger partial charge in [-0.2, -0.15) is 13.2 Å². The molecule has 0 radical (unpaired) electrons. The fraction of sp³-hybridized carbons (Fsp3) is 0.421. The molecule has 1 fully saturated rings. The molecule has 2 aromatic rings. The maximum Gasteiger partial charge on any atom is 0.409 e. The first-order valence-electron chi connectivity index (χ1n) is 8.43. The quantitative estimate of drug-likeness (QED) is 0.881. The van der Waals surface area contributed by atoms with Gasteiger partial charge in [0.2, 0.25) is 5.91 Å². The fourth-order valence-electron chi connectivity index (χ4n) is 3.24. The monoisotopic (exact) mass is 366 g/mol. The molecule has 0 spiro atoms. The molecule has 1 amide bonds. The van der Waals surface area contributed by atoms with E-state index in [0.717, 1.165) is 10.4 Å². The fourth-order valence-corrected chi connectivity index (χ4v) is 3.24. The van der Waals surface area contributed by atoms with Gasteiger partial charge < -0.3 is 4.74 Å². The highest BCUT2D eigenvalue weighted by Gasteiger charge is 2.51. The first-order valence-corrected chi connectivity index (χ1v) is 8.43. The van der Waals surface area contributed by atoms with Crippen molar-refractivity contribution in [2.24, 2.45) is 5.41 Å². The summed E-state index contributed by atoms with van der Waals surface area (Å²) in [5.74, 6) is 0.224. The number of hydrogen-bond donors (Lipinski definition) is 1. The second-order valence-corrected chi connectivity index (χ2v) is 7.07. The number of nitrogens with zero attached hydrogens (tertiary/aromatic N) is 1. The van der Waals surface area contributed by atoms with Gasteiger partial charge in [0.1, 0.15) is 11.8 Å². The maximum absolute atomic E-state index is 13.8. The number of fused-ring (bicyclic) bond motifs is 1. The Bertz CT molecular complexity index is 833. The van der Waals surface area contributed by atoms with Crippen molar-refractivity contribution in [2.75, 3.05) is 13.2 Å². The summed E-state index contributed by atoms with van der Waals surface area (Å²) in [6, 6.07) is 7.97. The van der Waals surface area contributed by atoms with Crippen LogP contribution in [0.3, 0.4) is 0 Å². The summed E-state index contributed by atoms with van der Waals surface area (Å²) in [7, 11) is 0. The standard InChI is InChI=1S/C19H21F3N2O2/c1-4-26-15-7-5-6-12-10-13(8-9-14(12)15)16(19(20,21)22)24-11-18(2,3)17(25)23-24/h5-10,16H,4,11H2,1-3H3,(H,23,25)/t16-/m0/s1. The molecule has 1 saturated heterocycles. The molecular weight excluding hydrogens is 345 g/mol. The minimum Gasteiger partial charge on any atom is -0.493 e. The number of benzene rings is 2. The van der Waals surface area contributed by atoms with Gasteiger partial charge in [0.25, 0.3) is 0 Å². The van der Waals surface area contributed by atoms with E-state index in [-0.39, 0.29) is 12.1 Å². The number of halogens is 3. The molecule has 1 aliphatic rings. The van der Waals surface area contributed by atoms with Crippen LogP contribution in [0.4, 0.5) is 13.2 Å². The minimum atomic E-state index is -4.53. The molecule has 7 heteroatoms. The molecule has 1 heterocycles. The van der Waals surface area contributed by atoms with Gasteiger partial charge in [-0.25, -0.2) is 5.01 Å². The summed E-state index contributed by atoms with van der Waals surface area (Å²) in [6.07, 6.45) is -4.53. The van der Waals surface area contributed by atoms with E-state index in [2.05, 4.69) is 5.43 Å². The minimum absolute atomic E-state index is 0.0208. The van der Waals surface area contributed by atoms with Crippen molar-refractivity contribution < 1.29 is 22.7 Å². The molecule has 2 aromatic carbocycles. The van der Waals surface area contributed by atoms with E-state index >= 15 is 0 Å². The van der Waals surface area contributed by atoms with Crippen molar-refractivity contribution in [1.29, 1.82) is 0 Å². The Morgan fingerprint density at radius 1 is 1.27 bits per heavy atom. The van der Waals surface area contributed by atoms with Crippen molar-refractivity contribution in [3.8, 4) is 5.75 Å². The molecule has 1 N–H and O–H groups in total. The van der Waals surface area contributed by atoms with E-state index in [1.807, 2.05) is 6.92 Å². The van der Waals surface area contributed by atoms with Gasteiger partial charge >= 0.3 is 6.18 Å². The highest BCUT2D eigenvalue weighted by molar-refractivity contribution is 5.89. The molecule has 0 saturated carbocycles. The van der Waals surface area contributed by atoms with Crippen molar-refractivity contribution in [3.05, 3.63) is 42.0 Å². The Hall–Kier alpha value is -2.28. The average Bonchev–Trinajstić information content (AvgIpc) is 2.79. The van der Waals surface area contributed by atoms with Crippen molar-refractivity contribution >= 4 is 16.7 Å². The van der Waals surface area contributed by atoms with Gasteiger partial charge in [0, 0.05) is 11.9 Å². The summed E-state index contributed by atoms with van der Waals surface area (Å²) >= 11 is 0. The summed E-state index contributed by atoms with van der Waals surface area (Å²) < 4.78 is 47.0. The molecule has 26 heavy (non-hydrogen) atoms. The maximum atomic E-state index is 13.8. The Morgan fingerprint density at radius 2 is 2.00 bits per heavy atom. The number of rotatable bonds is 4. The van der Waals surface area contributed by atoms with E-state index in [1.54, 1.807) is 38.1 Å². The second-order valence-electron chi connectivity index (χ2n) is 7.07. The van der Waals surface area contributed by atoms with E-state index in [0.29, 0.717) is 17.7 Å². The lowest BCUT2D eigenvalue weighted by Gasteiger charge is -2.30. The third-order valence-corrected chi connectivity index (χ3v) is 4.53. The first kappa shape index (κ1) is 18.5. The molecular formula is C19H21F3N2O2. The Balaban J connectivity index is 2.04. The SMILES string of the molecule is CCOc1cccc2cc([C@H](N3CC(C)(C)C(=O)N3)C(F)(F)F)ccc12. The third-order valence-electron chi connectivity index (χ3n) is 4.53. The molecule has 1 aliphatic heterocycles. The molecule has 4 nitrogen and oxygen atoms in total. The summed E-state index contributed by atoms with van der Waals surface area (Å²) in [6.45, 7) is 5.56. The van der Waals surface area contributed by atoms with Gasteiger partial charge in [-0.15, -0.1) is 0 Å². The number of amides is 1. The lowest BCUT2D eigenvalue weighted by molar-refractivity contribution is -0.191. The number of ether oxygens (including phenoxy) is 1. The van der Waals surface area contributed by atoms with Crippen LogP contribution in [0.15, 0.2) is 36.4 Å². The summed E-state index contributed by atoms with van der Waals surface area (Å²) in [5, 5.41) is 2.40. The molecule has 0 unspecified atom stereocenters. The zero-order valence-corrected chi connectivity index (χ0v) is 14.9. The number of hydrazine groups is 1. The number of alkyl halides is 3. The second kappa shape index (κ2) is 6.46. The largest absolute Gasteiger partial charge is 0.493 e. The predicted octanol–water partition coefficient (Wildman–Crippen LogP) is 4.21. The Kier molecular flexibility index (Phi) is 4.60. The van der Waals surface area contributed by atoms with E-state index in [9.17, 15) is 18.0 Å². The van der Waals surface area contributed by atoms with Crippen LogP contribution in [-0.4, -0.2) is 30.2 Å². The van der Waals surface area contributed by atoms with Gasteiger partial charge in [-0.1, -0.05) is 24.3 Å². The number of carbonyl (C=O) groups excluding carboxylic acids is 1. The molecule has 0 bridgehead atoms. The average molecular weight is 366 g/mol. The normalized spacial score (nSPS) is 18.8. The van der Waals surface area contributed by atoms with E-state index < -0.39 is 23.5 Å². The van der Waals surface area contributed by atoms with Crippen molar-refractivity contribution in [2.45, 2.75) is 33.0 Å². The van der Waals surface area contributed by atoms with Crippen LogP contribution in [0.25, 0.3) is 10.8 Å². The van der Waals surface area contributed by atoms with Gasteiger partial charge in [0.05, 0.1) is 12.0 Å². The summed E-state index contributed by atoms with van der Waals surface area (Å²) in [4.78, 5) is 12.0. The molecule has 3 rings (SSSR count). The molecule has 140 valence electrons. The van der Waals surface area contributed by atoms with Crippen LogP contribution in [-0.2, 0) is 4.79 Å².